The zero-order valence-corrected chi connectivity index (χ0v) is 14.2. The maximum absolute atomic E-state index is 5.77. The second kappa shape index (κ2) is 8.52. The van der Waals surface area contributed by atoms with Gasteiger partial charge in [-0.2, -0.15) is 0 Å². The molecule has 0 amide bonds. The number of aromatic nitrogens is 4. The summed E-state index contributed by atoms with van der Waals surface area (Å²) >= 11 is 13.7. The number of halogens is 3. The average molecular weight is 463 g/mol. The van der Waals surface area contributed by atoms with Crippen molar-refractivity contribution in [3.05, 3.63) is 56.6 Å². The van der Waals surface area contributed by atoms with E-state index in [-0.39, 0.29) is 14.9 Å². The molecule has 0 aliphatic heterocycles. The molecule has 0 radical (unpaired) electrons. The van der Waals surface area contributed by atoms with Gasteiger partial charge in [0.05, 0.1) is 10.0 Å². The molecule has 2 N–H and O–H groups in total. The first-order valence-corrected chi connectivity index (χ1v) is 7.84. The summed E-state index contributed by atoms with van der Waals surface area (Å²) in [6.07, 6.45) is 7.01. The Hall–Kier alpha value is -1.31. The van der Waals surface area contributed by atoms with Crippen LogP contribution in [0.4, 0.5) is 0 Å². The van der Waals surface area contributed by atoms with Gasteiger partial charge < -0.3 is 9.97 Å². The highest BCUT2D eigenvalue weighted by molar-refractivity contribution is 14.1. The Morgan fingerprint density at radius 2 is 1.57 bits per heavy atom. The lowest BCUT2D eigenvalue weighted by atomic mass is 10.3. The van der Waals surface area contributed by atoms with Gasteiger partial charge in [-0.25, -0.2) is 9.97 Å². The summed E-state index contributed by atoms with van der Waals surface area (Å²) in [4.78, 5) is 14.2. The molecule has 0 aromatic carbocycles. The molecule has 0 aliphatic rings. The molecule has 4 rings (SSSR count). The monoisotopic (exact) mass is 462 g/mol. The van der Waals surface area contributed by atoms with Gasteiger partial charge in [0.15, 0.2) is 0 Å². The molecule has 0 unspecified atom stereocenters. The molecular formula is C16H17Cl2IN4. The van der Waals surface area contributed by atoms with Crippen LogP contribution in [0.5, 0.6) is 0 Å². The van der Waals surface area contributed by atoms with Crippen LogP contribution >= 0.6 is 45.8 Å². The first-order valence-electron chi connectivity index (χ1n) is 6.00. The molecule has 0 bridgehead atoms. The van der Waals surface area contributed by atoms with Crippen LogP contribution < -0.4 is 0 Å². The Kier molecular flexibility index (Phi) is 7.31. The van der Waals surface area contributed by atoms with Crippen LogP contribution in [-0.2, 0) is 0 Å². The number of nitrogens with one attached hydrogen (secondary N) is 2. The molecule has 4 aromatic rings. The minimum Gasteiger partial charge on any atom is -0.346 e. The molecule has 0 saturated heterocycles. The fraction of sp³-hybridized carbons (Fsp3) is 0.125. The molecule has 4 aromatic heterocycles. The average Bonchev–Trinajstić information content (AvgIpc) is 3.06. The Bertz CT molecular complexity index is 901. The minimum atomic E-state index is 0. The van der Waals surface area contributed by atoms with Crippen LogP contribution in [0.15, 0.2) is 43.0 Å². The highest BCUT2D eigenvalue weighted by Gasteiger charge is 2.01. The van der Waals surface area contributed by atoms with Crippen molar-refractivity contribution in [2.75, 3.05) is 0 Å². The Morgan fingerprint density at radius 1 is 0.913 bits per heavy atom. The van der Waals surface area contributed by atoms with Crippen molar-refractivity contribution in [1.29, 1.82) is 0 Å². The number of nitrogens with zero attached hydrogens (tertiary/aromatic N) is 2. The Morgan fingerprint density at radius 3 is 2.30 bits per heavy atom. The quantitative estimate of drug-likeness (QED) is 0.301. The zero-order chi connectivity index (χ0) is 14.8. The van der Waals surface area contributed by atoms with Crippen LogP contribution in [-0.4, -0.2) is 19.9 Å². The summed E-state index contributed by atoms with van der Waals surface area (Å²) in [5, 5.41) is 3.48. The van der Waals surface area contributed by atoms with E-state index in [1.807, 2.05) is 30.6 Å². The molecule has 0 aliphatic carbocycles. The molecule has 0 saturated carbocycles. The van der Waals surface area contributed by atoms with E-state index in [0.717, 1.165) is 25.6 Å². The lowest BCUT2D eigenvalue weighted by molar-refractivity contribution is 1.32. The second-order valence-corrected chi connectivity index (χ2v) is 6.29. The van der Waals surface area contributed by atoms with Crippen molar-refractivity contribution in [3.63, 3.8) is 0 Å². The Labute approximate surface area is 158 Å². The topological polar surface area (TPSA) is 57.4 Å². The minimum absolute atomic E-state index is 0. The third-order valence-corrected chi connectivity index (χ3v) is 4.12. The van der Waals surface area contributed by atoms with E-state index in [1.165, 1.54) is 0 Å². The largest absolute Gasteiger partial charge is 0.346 e. The van der Waals surface area contributed by atoms with Gasteiger partial charge in [-0.3, -0.25) is 0 Å². The van der Waals surface area contributed by atoms with Gasteiger partial charge in [-0.15, -0.1) is 0 Å². The summed E-state index contributed by atoms with van der Waals surface area (Å²) in [5.41, 5.74) is 1.77. The van der Waals surface area contributed by atoms with E-state index >= 15 is 0 Å². The van der Waals surface area contributed by atoms with Crippen LogP contribution in [0.25, 0.3) is 22.1 Å². The third kappa shape index (κ3) is 4.59. The van der Waals surface area contributed by atoms with Crippen molar-refractivity contribution in [3.8, 4) is 0 Å². The molecule has 0 spiro atoms. The molecule has 0 atom stereocenters. The predicted molar refractivity (Wildman–Crippen MR) is 108 cm³/mol. The first-order chi connectivity index (χ1) is 10.1. The molecule has 122 valence electrons. The molecule has 4 heterocycles. The molecule has 4 nitrogen and oxygen atoms in total. The van der Waals surface area contributed by atoms with Crippen LogP contribution in [0.2, 0.25) is 10.0 Å². The number of pyridine rings is 2. The lowest BCUT2D eigenvalue weighted by Gasteiger charge is -1.89. The standard InChI is InChI=1S/C7H4ClIN2.C7H5ClN2.2CH4/c8-4-1-5-6(9)3-11-7(5)10-2-4;8-6-3-5-1-2-9-7(5)10-4-6;;/h1-3H,(H,10,11);1-4H,(H,9,10);2*1H4. The van der Waals surface area contributed by atoms with Gasteiger partial charge in [-0.1, -0.05) is 38.1 Å². The van der Waals surface area contributed by atoms with Gasteiger partial charge >= 0.3 is 0 Å². The van der Waals surface area contributed by atoms with Crippen molar-refractivity contribution in [2.24, 2.45) is 0 Å². The first kappa shape index (κ1) is 19.7. The van der Waals surface area contributed by atoms with E-state index in [0.29, 0.717) is 10.0 Å². The van der Waals surface area contributed by atoms with E-state index in [1.54, 1.807) is 12.4 Å². The number of hydrogen-bond donors (Lipinski definition) is 2. The molecule has 23 heavy (non-hydrogen) atoms. The van der Waals surface area contributed by atoms with Gasteiger partial charge in [0.25, 0.3) is 0 Å². The van der Waals surface area contributed by atoms with Crippen molar-refractivity contribution in [1.82, 2.24) is 19.9 Å². The maximum Gasteiger partial charge on any atom is 0.138 e. The van der Waals surface area contributed by atoms with Crippen molar-refractivity contribution >= 4 is 67.9 Å². The van der Waals surface area contributed by atoms with Crippen LogP contribution in [0.3, 0.4) is 0 Å². The van der Waals surface area contributed by atoms with E-state index in [9.17, 15) is 0 Å². The fourth-order valence-corrected chi connectivity index (χ4v) is 2.75. The fourth-order valence-electron chi connectivity index (χ4n) is 1.86. The summed E-state index contributed by atoms with van der Waals surface area (Å²) in [6, 6.07) is 5.72. The van der Waals surface area contributed by atoms with E-state index < -0.39 is 0 Å². The summed E-state index contributed by atoms with van der Waals surface area (Å²) in [5.74, 6) is 0. The Balaban J connectivity index is 0.000000212. The summed E-state index contributed by atoms with van der Waals surface area (Å²) in [7, 11) is 0. The van der Waals surface area contributed by atoms with Gasteiger partial charge in [-0.05, 0) is 40.8 Å². The third-order valence-electron chi connectivity index (χ3n) is 2.81. The van der Waals surface area contributed by atoms with Crippen LogP contribution in [0.1, 0.15) is 14.9 Å². The van der Waals surface area contributed by atoms with Gasteiger partial charge in [0, 0.05) is 39.1 Å². The number of H-pyrrole nitrogens is 2. The smallest absolute Gasteiger partial charge is 0.138 e. The number of hydrogen-bond acceptors (Lipinski definition) is 2. The SMILES string of the molecule is C.C.Clc1cnc2[nH]cc(I)c2c1.Clc1cnc2[nH]ccc2c1. The van der Waals surface area contributed by atoms with Crippen molar-refractivity contribution < 1.29 is 0 Å². The molecule has 7 heteroatoms. The van der Waals surface area contributed by atoms with E-state index in [4.69, 9.17) is 23.2 Å². The number of aromatic amines is 2. The van der Waals surface area contributed by atoms with E-state index in [2.05, 4.69) is 42.5 Å². The predicted octanol–water partition coefficient (Wildman–Crippen LogP) is 6.31. The highest BCUT2D eigenvalue weighted by atomic mass is 127. The van der Waals surface area contributed by atoms with Crippen LogP contribution in [0, 0.1) is 3.57 Å². The van der Waals surface area contributed by atoms with Crippen molar-refractivity contribution in [2.45, 2.75) is 14.9 Å². The zero-order valence-electron chi connectivity index (χ0n) is 10.6. The van der Waals surface area contributed by atoms with Gasteiger partial charge in [0.2, 0.25) is 0 Å². The number of rotatable bonds is 0. The molecular weight excluding hydrogens is 446 g/mol. The molecule has 0 fully saturated rings. The van der Waals surface area contributed by atoms with Gasteiger partial charge in [0.1, 0.15) is 11.3 Å². The second-order valence-electron chi connectivity index (χ2n) is 4.26. The highest BCUT2D eigenvalue weighted by Crippen LogP contribution is 2.21. The summed E-state index contributed by atoms with van der Waals surface area (Å²) < 4.78 is 1.15. The number of fused-ring (bicyclic) bond motifs is 2. The summed E-state index contributed by atoms with van der Waals surface area (Å²) in [6.45, 7) is 0. The lowest BCUT2D eigenvalue weighted by Crippen LogP contribution is -1.74. The maximum atomic E-state index is 5.77. The normalized spacial score (nSPS) is 9.70.